The van der Waals surface area contributed by atoms with Crippen molar-refractivity contribution in [2.24, 2.45) is 11.8 Å². The SMILES string of the molecule is CC(C)Oc1ccc(CN2C[C@H]3CCC[C@@H](C2)C3(O)c2nccn2Cc2ccccc2)cc1. The maximum absolute atomic E-state index is 12.1. The molecule has 0 spiro atoms. The van der Waals surface area contributed by atoms with Crippen molar-refractivity contribution >= 4 is 0 Å². The molecular weight excluding hydrogens is 410 g/mol. The highest BCUT2D eigenvalue weighted by Gasteiger charge is 2.53. The lowest BCUT2D eigenvalue weighted by Crippen LogP contribution is -2.58. The summed E-state index contributed by atoms with van der Waals surface area (Å²) in [6.45, 7) is 7.54. The fourth-order valence-corrected chi connectivity index (χ4v) is 5.81. The van der Waals surface area contributed by atoms with Crippen LogP contribution in [0.3, 0.4) is 0 Å². The number of likely N-dealkylation sites (tertiary alicyclic amines) is 1. The van der Waals surface area contributed by atoms with Gasteiger partial charge in [-0.2, -0.15) is 0 Å². The summed E-state index contributed by atoms with van der Waals surface area (Å²) in [6, 6.07) is 18.9. The second-order valence-corrected chi connectivity index (χ2v) is 10.0. The van der Waals surface area contributed by atoms with Crippen molar-refractivity contribution in [1.29, 1.82) is 0 Å². The Bertz CT molecular complexity index is 1030. The molecule has 1 aromatic heterocycles. The van der Waals surface area contributed by atoms with Crippen LogP contribution in [0, 0.1) is 11.8 Å². The number of aliphatic hydroxyl groups is 1. The molecule has 33 heavy (non-hydrogen) atoms. The number of aromatic nitrogens is 2. The summed E-state index contributed by atoms with van der Waals surface area (Å²) in [7, 11) is 0. The van der Waals surface area contributed by atoms with Crippen LogP contribution in [-0.4, -0.2) is 38.8 Å². The molecule has 1 unspecified atom stereocenters. The van der Waals surface area contributed by atoms with E-state index in [1.54, 1.807) is 0 Å². The monoisotopic (exact) mass is 445 g/mol. The van der Waals surface area contributed by atoms with Crippen molar-refractivity contribution in [1.82, 2.24) is 14.5 Å². The van der Waals surface area contributed by atoms with Gasteiger partial charge in [0.05, 0.1) is 6.10 Å². The van der Waals surface area contributed by atoms with E-state index in [0.29, 0.717) is 0 Å². The fraction of sp³-hybridized carbons (Fsp3) is 0.464. The molecule has 1 saturated carbocycles. The first-order valence-electron chi connectivity index (χ1n) is 12.3. The minimum absolute atomic E-state index is 0.185. The molecule has 1 aliphatic carbocycles. The lowest BCUT2D eigenvalue weighted by atomic mass is 9.65. The Hall–Kier alpha value is -2.63. The van der Waals surface area contributed by atoms with Gasteiger partial charge in [-0.25, -0.2) is 4.98 Å². The number of fused-ring (bicyclic) bond motifs is 2. The molecule has 2 heterocycles. The zero-order valence-corrected chi connectivity index (χ0v) is 19.7. The zero-order chi connectivity index (χ0) is 22.8. The minimum Gasteiger partial charge on any atom is -0.491 e. The molecule has 2 fully saturated rings. The van der Waals surface area contributed by atoms with Gasteiger partial charge in [0.15, 0.2) is 0 Å². The van der Waals surface area contributed by atoms with Gasteiger partial charge >= 0.3 is 0 Å². The summed E-state index contributed by atoms with van der Waals surface area (Å²) in [6.07, 6.45) is 7.32. The second-order valence-electron chi connectivity index (χ2n) is 10.0. The van der Waals surface area contributed by atoms with E-state index in [9.17, 15) is 5.11 Å². The number of imidazole rings is 1. The molecule has 0 amide bonds. The van der Waals surface area contributed by atoms with Gasteiger partial charge in [-0.3, -0.25) is 4.90 Å². The number of benzene rings is 2. The highest BCUT2D eigenvalue weighted by molar-refractivity contribution is 5.28. The average molecular weight is 446 g/mol. The molecule has 5 heteroatoms. The van der Waals surface area contributed by atoms with Crippen molar-refractivity contribution in [3.63, 3.8) is 0 Å². The van der Waals surface area contributed by atoms with E-state index in [4.69, 9.17) is 9.72 Å². The van der Waals surface area contributed by atoms with Crippen LogP contribution >= 0.6 is 0 Å². The van der Waals surface area contributed by atoms with Gasteiger partial charge in [0.25, 0.3) is 0 Å². The molecule has 1 saturated heterocycles. The first-order valence-corrected chi connectivity index (χ1v) is 12.3. The van der Waals surface area contributed by atoms with Gasteiger partial charge in [0, 0.05) is 50.4 Å². The summed E-state index contributed by atoms with van der Waals surface area (Å²) in [5, 5.41) is 12.1. The predicted octanol–water partition coefficient (Wildman–Crippen LogP) is 4.84. The molecule has 2 bridgehead atoms. The van der Waals surface area contributed by atoms with Crippen LogP contribution < -0.4 is 4.74 Å². The largest absolute Gasteiger partial charge is 0.491 e. The van der Waals surface area contributed by atoms with Crippen molar-refractivity contribution in [2.75, 3.05) is 13.1 Å². The highest BCUT2D eigenvalue weighted by Crippen LogP contribution is 2.49. The van der Waals surface area contributed by atoms with E-state index >= 15 is 0 Å². The number of hydrogen-bond donors (Lipinski definition) is 1. The topological polar surface area (TPSA) is 50.5 Å². The molecular formula is C28H35N3O2. The molecule has 0 radical (unpaired) electrons. The van der Waals surface area contributed by atoms with Gasteiger partial charge in [0.1, 0.15) is 17.2 Å². The lowest BCUT2D eigenvalue weighted by Gasteiger charge is -2.52. The number of nitrogens with zero attached hydrogens (tertiary/aromatic N) is 3. The fourth-order valence-electron chi connectivity index (χ4n) is 5.81. The highest BCUT2D eigenvalue weighted by atomic mass is 16.5. The molecule has 174 valence electrons. The van der Waals surface area contributed by atoms with E-state index < -0.39 is 5.60 Å². The Morgan fingerprint density at radius 1 is 0.970 bits per heavy atom. The Balaban J connectivity index is 1.32. The van der Waals surface area contributed by atoms with E-state index in [0.717, 1.165) is 50.6 Å². The van der Waals surface area contributed by atoms with Crippen molar-refractivity contribution in [3.8, 4) is 5.75 Å². The molecule has 3 atom stereocenters. The summed E-state index contributed by atoms with van der Waals surface area (Å²) in [5.74, 6) is 2.16. The summed E-state index contributed by atoms with van der Waals surface area (Å²) >= 11 is 0. The van der Waals surface area contributed by atoms with E-state index in [1.165, 1.54) is 17.5 Å². The quantitative estimate of drug-likeness (QED) is 0.566. The normalized spacial score (nSPS) is 25.3. The first kappa shape index (κ1) is 22.2. The van der Waals surface area contributed by atoms with E-state index in [1.807, 2.05) is 32.3 Å². The Morgan fingerprint density at radius 3 is 2.30 bits per heavy atom. The molecule has 5 rings (SSSR count). The number of piperidine rings is 1. The molecule has 1 aliphatic heterocycles. The van der Waals surface area contributed by atoms with Gasteiger partial charge in [-0.15, -0.1) is 0 Å². The van der Waals surface area contributed by atoms with Gasteiger partial charge < -0.3 is 14.4 Å². The minimum atomic E-state index is -0.859. The van der Waals surface area contributed by atoms with Crippen LogP contribution in [-0.2, 0) is 18.7 Å². The summed E-state index contributed by atoms with van der Waals surface area (Å²) in [5.41, 5.74) is 1.66. The predicted molar refractivity (Wildman–Crippen MR) is 130 cm³/mol. The first-order chi connectivity index (χ1) is 16.0. The van der Waals surface area contributed by atoms with E-state index in [-0.39, 0.29) is 17.9 Å². The summed E-state index contributed by atoms with van der Waals surface area (Å²) < 4.78 is 7.94. The molecule has 3 aromatic rings. The third kappa shape index (κ3) is 4.57. The number of ether oxygens (including phenoxy) is 1. The summed E-state index contributed by atoms with van der Waals surface area (Å²) in [4.78, 5) is 7.23. The molecule has 2 aromatic carbocycles. The van der Waals surface area contributed by atoms with Gasteiger partial charge in [-0.1, -0.05) is 48.9 Å². The van der Waals surface area contributed by atoms with Crippen LogP contribution in [0.25, 0.3) is 0 Å². The Morgan fingerprint density at radius 2 is 1.64 bits per heavy atom. The zero-order valence-electron chi connectivity index (χ0n) is 19.7. The number of rotatable bonds is 7. The van der Waals surface area contributed by atoms with Gasteiger partial charge in [0.2, 0.25) is 0 Å². The Labute approximate surface area is 197 Å². The van der Waals surface area contributed by atoms with Crippen LogP contribution in [0.5, 0.6) is 5.75 Å². The third-order valence-corrected chi connectivity index (χ3v) is 7.28. The molecule has 5 nitrogen and oxygen atoms in total. The average Bonchev–Trinajstić information content (AvgIpc) is 3.25. The van der Waals surface area contributed by atoms with Crippen LogP contribution in [0.1, 0.15) is 50.1 Å². The van der Waals surface area contributed by atoms with Crippen LogP contribution in [0.2, 0.25) is 0 Å². The van der Waals surface area contributed by atoms with Crippen LogP contribution in [0.15, 0.2) is 67.0 Å². The smallest absolute Gasteiger partial charge is 0.141 e. The van der Waals surface area contributed by atoms with E-state index in [2.05, 4.69) is 58.0 Å². The van der Waals surface area contributed by atoms with Crippen molar-refractivity contribution < 1.29 is 9.84 Å². The molecule has 1 N–H and O–H groups in total. The lowest BCUT2D eigenvalue weighted by molar-refractivity contribution is -0.155. The maximum atomic E-state index is 12.1. The number of hydrogen-bond acceptors (Lipinski definition) is 4. The second kappa shape index (κ2) is 9.32. The van der Waals surface area contributed by atoms with Crippen molar-refractivity contribution in [2.45, 2.75) is 57.9 Å². The maximum Gasteiger partial charge on any atom is 0.141 e. The van der Waals surface area contributed by atoms with Gasteiger partial charge in [-0.05, 0) is 49.9 Å². The Kier molecular flexibility index (Phi) is 6.26. The van der Waals surface area contributed by atoms with Crippen molar-refractivity contribution in [3.05, 3.63) is 83.9 Å². The molecule has 2 aliphatic rings. The third-order valence-electron chi connectivity index (χ3n) is 7.28. The van der Waals surface area contributed by atoms with Crippen LogP contribution in [0.4, 0.5) is 0 Å². The standard InChI is InChI=1S/C28H35N3O2/c1-21(2)33-26-13-11-23(12-14-26)17-30-19-24-9-6-10-25(20-30)28(24,32)27-29-15-16-31(27)18-22-7-4-3-5-8-22/h3-5,7-8,11-16,21,24-25,32H,6,9-10,17-20H2,1-2H3/t24-,25+,28?.